The molecule has 0 aliphatic heterocycles. The van der Waals surface area contributed by atoms with Gasteiger partial charge in [-0.05, 0) is 0 Å². The molecule has 77 valence electrons. The standard InChI is InChI=1S/C12H21Si2/c1-5-14(4,6-2)13(3)12-10-8-7-9-11-12/h7-11H,5-6H2,1-4H3. The summed E-state index contributed by atoms with van der Waals surface area (Å²) in [5.74, 6) is 0. The Hall–Kier alpha value is -0.346. The first kappa shape index (κ1) is 11.7. The lowest BCUT2D eigenvalue weighted by molar-refractivity contribution is 1.29. The molecule has 0 N–H and O–H groups in total. The molecule has 0 spiro atoms. The van der Waals surface area contributed by atoms with E-state index in [1.807, 2.05) is 0 Å². The zero-order valence-electron chi connectivity index (χ0n) is 9.80. The molecule has 0 saturated heterocycles. The van der Waals surface area contributed by atoms with Crippen molar-refractivity contribution in [3.8, 4) is 0 Å². The average Bonchev–Trinajstić information content (AvgIpc) is 2.28. The predicted molar refractivity (Wildman–Crippen MR) is 70.3 cm³/mol. The summed E-state index contributed by atoms with van der Waals surface area (Å²) >= 11 is 0. The highest BCUT2D eigenvalue weighted by Gasteiger charge is 2.31. The predicted octanol–water partition coefficient (Wildman–Crippen LogP) is 3.22. The quantitative estimate of drug-likeness (QED) is 0.685. The molecule has 0 atom stereocenters. The van der Waals surface area contributed by atoms with Gasteiger partial charge in [-0.3, -0.25) is 0 Å². The molecule has 0 bridgehead atoms. The van der Waals surface area contributed by atoms with Gasteiger partial charge in [0, 0.05) is 7.59 Å². The molecule has 0 aromatic heterocycles. The van der Waals surface area contributed by atoms with Gasteiger partial charge in [0.1, 0.15) is 0 Å². The molecule has 1 aromatic rings. The van der Waals surface area contributed by atoms with Crippen LogP contribution in [0.15, 0.2) is 30.3 Å². The Bertz CT molecular complexity index is 265. The fourth-order valence-corrected chi connectivity index (χ4v) is 10.5. The molecule has 0 heterocycles. The Labute approximate surface area is 90.8 Å². The second-order valence-corrected chi connectivity index (χ2v) is 16.5. The van der Waals surface area contributed by atoms with E-state index in [1.54, 1.807) is 5.19 Å². The first-order valence-electron chi connectivity index (χ1n) is 5.53. The van der Waals surface area contributed by atoms with Crippen molar-refractivity contribution < 1.29 is 0 Å². The molecular formula is C12H21Si2. The highest BCUT2D eigenvalue weighted by atomic mass is 29.2. The van der Waals surface area contributed by atoms with E-state index >= 15 is 0 Å². The van der Waals surface area contributed by atoms with Crippen molar-refractivity contribution in [3.63, 3.8) is 0 Å². The third-order valence-electron chi connectivity index (χ3n) is 3.67. The van der Waals surface area contributed by atoms with E-state index in [2.05, 4.69) is 57.3 Å². The van der Waals surface area contributed by atoms with E-state index in [0.717, 1.165) is 0 Å². The van der Waals surface area contributed by atoms with Crippen LogP contribution in [-0.2, 0) is 0 Å². The SMILES string of the molecule is CC[Si](C)(CC)[Si](C)c1ccccc1. The lowest BCUT2D eigenvalue weighted by Crippen LogP contribution is -2.52. The van der Waals surface area contributed by atoms with Crippen molar-refractivity contribution in [3.05, 3.63) is 30.3 Å². The van der Waals surface area contributed by atoms with E-state index in [4.69, 9.17) is 0 Å². The molecule has 0 nitrogen and oxygen atoms in total. The summed E-state index contributed by atoms with van der Waals surface area (Å²) in [5.41, 5.74) is 0. The maximum absolute atomic E-state index is 2.58. The summed E-state index contributed by atoms with van der Waals surface area (Å²) in [5, 5.41) is 1.63. The molecule has 0 aliphatic rings. The first-order valence-corrected chi connectivity index (χ1v) is 11.4. The van der Waals surface area contributed by atoms with Crippen molar-refractivity contribution in [2.75, 3.05) is 0 Å². The second kappa shape index (κ2) is 4.94. The Morgan fingerprint density at radius 3 is 2.00 bits per heavy atom. The molecular weight excluding hydrogens is 200 g/mol. The van der Waals surface area contributed by atoms with Crippen molar-refractivity contribution in [2.45, 2.75) is 39.0 Å². The molecule has 0 aliphatic carbocycles. The van der Waals surface area contributed by atoms with Crippen molar-refractivity contribution >= 4 is 21.1 Å². The van der Waals surface area contributed by atoms with Crippen molar-refractivity contribution in [1.29, 1.82) is 0 Å². The summed E-state index contributed by atoms with van der Waals surface area (Å²) in [4.78, 5) is 0. The van der Waals surface area contributed by atoms with Crippen LogP contribution >= 0.6 is 0 Å². The average molecular weight is 221 g/mol. The fraction of sp³-hybridized carbons (Fsp3) is 0.500. The fourth-order valence-electron chi connectivity index (χ4n) is 1.82. The zero-order valence-corrected chi connectivity index (χ0v) is 11.8. The van der Waals surface area contributed by atoms with Crippen LogP contribution in [0.4, 0.5) is 0 Å². The molecule has 14 heavy (non-hydrogen) atoms. The highest BCUT2D eigenvalue weighted by molar-refractivity contribution is 7.36. The molecule has 0 fully saturated rings. The van der Waals surface area contributed by atoms with Crippen LogP contribution < -0.4 is 5.19 Å². The third kappa shape index (κ3) is 2.36. The Balaban J connectivity index is 2.89. The molecule has 0 amide bonds. The molecule has 1 radical (unpaired) electrons. The van der Waals surface area contributed by atoms with Crippen LogP contribution in [0.1, 0.15) is 13.8 Å². The normalized spacial score (nSPS) is 12.1. The van der Waals surface area contributed by atoms with E-state index in [0.29, 0.717) is 0 Å². The van der Waals surface area contributed by atoms with Crippen LogP contribution in [-0.4, -0.2) is 15.9 Å². The lowest BCUT2D eigenvalue weighted by atomic mass is 10.4. The zero-order chi connectivity index (χ0) is 10.6. The van der Waals surface area contributed by atoms with Gasteiger partial charge in [0.05, 0.1) is 8.31 Å². The number of rotatable bonds is 4. The van der Waals surface area contributed by atoms with Gasteiger partial charge >= 0.3 is 0 Å². The molecule has 1 aromatic carbocycles. The summed E-state index contributed by atoms with van der Waals surface area (Å²) < 4.78 is 0. The number of hydrogen-bond donors (Lipinski definition) is 0. The van der Waals surface area contributed by atoms with E-state index in [9.17, 15) is 0 Å². The van der Waals surface area contributed by atoms with Gasteiger partial charge in [0.15, 0.2) is 0 Å². The smallest absolute Gasteiger partial charge is 0.0710 e. The summed E-state index contributed by atoms with van der Waals surface area (Å²) in [6.45, 7) is 9.85. The molecule has 2 heteroatoms. The second-order valence-electron chi connectivity index (χ2n) is 4.26. The monoisotopic (exact) mass is 221 g/mol. The minimum absolute atomic E-state index is 0.267. The third-order valence-corrected chi connectivity index (χ3v) is 18.2. The Kier molecular flexibility index (Phi) is 4.14. The first-order chi connectivity index (χ1) is 6.64. The maximum atomic E-state index is 2.58. The van der Waals surface area contributed by atoms with Crippen molar-refractivity contribution in [2.24, 2.45) is 0 Å². The summed E-state index contributed by atoms with van der Waals surface area (Å²) in [6, 6.07) is 14.0. The lowest BCUT2D eigenvalue weighted by Gasteiger charge is -2.30. The van der Waals surface area contributed by atoms with Crippen molar-refractivity contribution in [1.82, 2.24) is 0 Å². The summed E-state index contributed by atoms with van der Waals surface area (Å²) in [7, 11) is -1.21. The van der Waals surface area contributed by atoms with Gasteiger partial charge in [-0.1, -0.05) is 74.5 Å². The summed E-state index contributed by atoms with van der Waals surface area (Å²) in [6.07, 6.45) is 0. The van der Waals surface area contributed by atoms with Crippen LogP contribution in [0, 0.1) is 0 Å². The van der Waals surface area contributed by atoms with Crippen LogP contribution in [0.2, 0.25) is 25.2 Å². The van der Waals surface area contributed by atoms with Gasteiger partial charge in [-0.25, -0.2) is 0 Å². The molecule has 0 saturated carbocycles. The Morgan fingerprint density at radius 2 is 1.57 bits per heavy atom. The Morgan fingerprint density at radius 1 is 1.07 bits per heavy atom. The van der Waals surface area contributed by atoms with Gasteiger partial charge in [0.25, 0.3) is 0 Å². The van der Waals surface area contributed by atoms with Gasteiger partial charge in [-0.2, -0.15) is 0 Å². The maximum Gasteiger partial charge on any atom is 0.0743 e. The van der Waals surface area contributed by atoms with E-state index in [-0.39, 0.29) is 8.31 Å². The van der Waals surface area contributed by atoms with E-state index in [1.165, 1.54) is 12.1 Å². The van der Waals surface area contributed by atoms with Gasteiger partial charge in [0.2, 0.25) is 0 Å². The van der Waals surface area contributed by atoms with Crippen LogP contribution in [0.25, 0.3) is 0 Å². The van der Waals surface area contributed by atoms with Gasteiger partial charge in [-0.15, -0.1) is 0 Å². The minimum Gasteiger partial charge on any atom is -0.0710 e. The number of benzene rings is 1. The van der Waals surface area contributed by atoms with Crippen LogP contribution in [0.3, 0.4) is 0 Å². The van der Waals surface area contributed by atoms with Crippen LogP contribution in [0.5, 0.6) is 0 Å². The molecule has 1 rings (SSSR count). The van der Waals surface area contributed by atoms with Gasteiger partial charge < -0.3 is 0 Å². The highest BCUT2D eigenvalue weighted by Crippen LogP contribution is 2.18. The topological polar surface area (TPSA) is 0 Å². The minimum atomic E-state index is -0.940. The van der Waals surface area contributed by atoms with E-state index < -0.39 is 7.59 Å². The molecule has 0 unspecified atom stereocenters. The number of hydrogen-bond acceptors (Lipinski definition) is 0. The largest absolute Gasteiger partial charge is 0.0743 e.